The van der Waals surface area contributed by atoms with Crippen molar-refractivity contribution in [3.05, 3.63) is 59.2 Å². The van der Waals surface area contributed by atoms with Gasteiger partial charge in [0.25, 0.3) is 0 Å². The summed E-state index contributed by atoms with van der Waals surface area (Å²) in [4.78, 5) is 12.5. The summed E-state index contributed by atoms with van der Waals surface area (Å²) in [5, 5.41) is 0. The Bertz CT molecular complexity index is 603. The van der Waals surface area contributed by atoms with E-state index >= 15 is 0 Å². The molecule has 0 aliphatic heterocycles. The minimum absolute atomic E-state index is 0.0792. The lowest BCUT2D eigenvalue weighted by Gasteiger charge is -2.08. The van der Waals surface area contributed by atoms with E-state index in [1.54, 1.807) is 25.3 Å². The number of rotatable bonds is 5. The van der Waals surface area contributed by atoms with Gasteiger partial charge in [0, 0.05) is 16.8 Å². The predicted octanol–water partition coefficient (Wildman–Crippen LogP) is 3.46. The SMILES string of the molecule is CCCc1ccc(C(=O)c2cc(OC)ccc2N)cc1. The molecular weight excluding hydrogens is 250 g/mol. The van der Waals surface area contributed by atoms with Gasteiger partial charge in [-0.05, 0) is 30.2 Å². The van der Waals surface area contributed by atoms with Crippen LogP contribution in [0.3, 0.4) is 0 Å². The second-order valence-corrected chi connectivity index (χ2v) is 4.73. The molecule has 0 fully saturated rings. The van der Waals surface area contributed by atoms with Gasteiger partial charge in [0.05, 0.1) is 7.11 Å². The maximum absolute atomic E-state index is 12.5. The molecule has 0 spiro atoms. The molecule has 0 atom stereocenters. The molecule has 2 aromatic carbocycles. The lowest BCUT2D eigenvalue weighted by molar-refractivity contribution is 0.103. The van der Waals surface area contributed by atoms with E-state index in [9.17, 15) is 4.79 Å². The third-order valence-electron chi connectivity index (χ3n) is 3.26. The summed E-state index contributed by atoms with van der Waals surface area (Å²) >= 11 is 0. The summed E-state index contributed by atoms with van der Waals surface area (Å²) < 4.78 is 5.14. The molecular formula is C17H19NO2. The topological polar surface area (TPSA) is 52.3 Å². The van der Waals surface area contributed by atoms with Gasteiger partial charge in [-0.25, -0.2) is 0 Å². The summed E-state index contributed by atoms with van der Waals surface area (Å²) in [6.45, 7) is 2.13. The largest absolute Gasteiger partial charge is 0.497 e. The molecule has 0 saturated heterocycles. The highest BCUT2D eigenvalue weighted by atomic mass is 16.5. The van der Waals surface area contributed by atoms with Gasteiger partial charge in [-0.2, -0.15) is 0 Å². The smallest absolute Gasteiger partial charge is 0.195 e. The van der Waals surface area contributed by atoms with Gasteiger partial charge in [-0.15, -0.1) is 0 Å². The fraction of sp³-hybridized carbons (Fsp3) is 0.235. The first kappa shape index (κ1) is 14.1. The molecule has 0 bridgehead atoms. The average Bonchev–Trinajstić information content (AvgIpc) is 2.48. The minimum atomic E-state index is -0.0792. The lowest BCUT2D eigenvalue weighted by atomic mass is 9.99. The van der Waals surface area contributed by atoms with E-state index in [2.05, 4.69) is 6.92 Å². The fourth-order valence-corrected chi connectivity index (χ4v) is 2.13. The number of carbonyl (C=O) groups excluding carboxylic acids is 1. The Morgan fingerprint density at radius 2 is 1.85 bits per heavy atom. The van der Waals surface area contributed by atoms with E-state index < -0.39 is 0 Å². The van der Waals surface area contributed by atoms with E-state index in [-0.39, 0.29) is 5.78 Å². The van der Waals surface area contributed by atoms with Crippen LogP contribution in [0.1, 0.15) is 34.8 Å². The monoisotopic (exact) mass is 269 g/mol. The van der Waals surface area contributed by atoms with Crippen molar-refractivity contribution in [3.8, 4) is 5.75 Å². The second kappa shape index (κ2) is 6.24. The van der Waals surface area contributed by atoms with Crippen LogP contribution in [0.5, 0.6) is 5.75 Å². The van der Waals surface area contributed by atoms with E-state index in [0.717, 1.165) is 12.8 Å². The summed E-state index contributed by atoms with van der Waals surface area (Å²) in [6.07, 6.45) is 2.12. The number of methoxy groups -OCH3 is 1. The van der Waals surface area contributed by atoms with Crippen molar-refractivity contribution in [3.63, 3.8) is 0 Å². The number of nitrogens with two attached hydrogens (primary N) is 1. The molecule has 0 aliphatic rings. The molecule has 20 heavy (non-hydrogen) atoms. The number of ketones is 1. The van der Waals surface area contributed by atoms with Gasteiger partial charge in [0.1, 0.15) is 5.75 Å². The summed E-state index contributed by atoms with van der Waals surface area (Å²) in [5.74, 6) is 0.551. The quantitative estimate of drug-likeness (QED) is 0.668. The molecule has 2 rings (SSSR count). The molecule has 3 nitrogen and oxygen atoms in total. The van der Waals surface area contributed by atoms with Crippen molar-refractivity contribution < 1.29 is 9.53 Å². The number of hydrogen-bond acceptors (Lipinski definition) is 3. The molecule has 0 radical (unpaired) electrons. The van der Waals surface area contributed by atoms with Crippen LogP contribution < -0.4 is 10.5 Å². The zero-order valence-corrected chi connectivity index (χ0v) is 11.8. The number of anilines is 1. The van der Waals surface area contributed by atoms with E-state index in [1.165, 1.54) is 5.56 Å². The summed E-state index contributed by atoms with van der Waals surface area (Å²) in [7, 11) is 1.57. The minimum Gasteiger partial charge on any atom is -0.497 e. The van der Waals surface area contributed by atoms with Crippen LogP contribution in [0.4, 0.5) is 5.69 Å². The van der Waals surface area contributed by atoms with Crippen LogP contribution >= 0.6 is 0 Å². The highest BCUT2D eigenvalue weighted by Crippen LogP contribution is 2.22. The Morgan fingerprint density at radius 1 is 1.15 bits per heavy atom. The van der Waals surface area contributed by atoms with Crippen LogP contribution in [-0.2, 0) is 6.42 Å². The Morgan fingerprint density at radius 3 is 2.45 bits per heavy atom. The standard InChI is InChI=1S/C17H19NO2/c1-3-4-12-5-7-13(8-6-12)17(19)15-11-14(20-2)9-10-16(15)18/h5-11H,3-4,18H2,1-2H3. The normalized spacial score (nSPS) is 10.3. The van der Waals surface area contributed by atoms with Crippen molar-refractivity contribution in [2.45, 2.75) is 19.8 Å². The zero-order valence-electron chi connectivity index (χ0n) is 11.8. The maximum Gasteiger partial charge on any atom is 0.195 e. The Labute approximate surface area is 119 Å². The van der Waals surface area contributed by atoms with E-state index in [0.29, 0.717) is 22.6 Å². The number of nitrogen functional groups attached to an aromatic ring is 1. The van der Waals surface area contributed by atoms with Gasteiger partial charge in [-0.1, -0.05) is 37.6 Å². The Kier molecular flexibility index (Phi) is 4.41. The fourth-order valence-electron chi connectivity index (χ4n) is 2.13. The molecule has 0 aliphatic carbocycles. The first-order valence-corrected chi connectivity index (χ1v) is 6.73. The first-order valence-electron chi connectivity index (χ1n) is 6.73. The molecule has 0 heterocycles. The highest BCUT2D eigenvalue weighted by Gasteiger charge is 2.13. The van der Waals surface area contributed by atoms with Crippen LogP contribution in [0, 0.1) is 0 Å². The maximum atomic E-state index is 12.5. The van der Waals surface area contributed by atoms with Crippen LogP contribution in [-0.4, -0.2) is 12.9 Å². The summed E-state index contributed by atoms with van der Waals surface area (Å²) in [6, 6.07) is 12.8. The number of ether oxygens (including phenoxy) is 1. The third-order valence-corrected chi connectivity index (χ3v) is 3.26. The van der Waals surface area contributed by atoms with Crippen molar-refractivity contribution >= 4 is 11.5 Å². The molecule has 0 unspecified atom stereocenters. The van der Waals surface area contributed by atoms with Crippen molar-refractivity contribution in [1.82, 2.24) is 0 Å². The van der Waals surface area contributed by atoms with Crippen LogP contribution in [0.2, 0.25) is 0 Å². The van der Waals surface area contributed by atoms with Gasteiger partial charge in [-0.3, -0.25) is 4.79 Å². The highest BCUT2D eigenvalue weighted by molar-refractivity contribution is 6.12. The van der Waals surface area contributed by atoms with Gasteiger partial charge < -0.3 is 10.5 Å². The molecule has 0 saturated carbocycles. The van der Waals surface area contributed by atoms with Crippen LogP contribution in [0.25, 0.3) is 0 Å². The Hall–Kier alpha value is -2.29. The first-order chi connectivity index (χ1) is 9.65. The third kappa shape index (κ3) is 2.99. The van der Waals surface area contributed by atoms with Gasteiger partial charge in [0.2, 0.25) is 0 Å². The van der Waals surface area contributed by atoms with E-state index in [1.807, 2.05) is 24.3 Å². The van der Waals surface area contributed by atoms with Gasteiger partial charge in [0.15, 0.2) is 5.78 Å². The number of hydrogen-bond donors (Lipinski definition) is 1. The molecule has 104 valence electrons. The molecule has 3 heteroatoms. The number of aryl methyl sites for hydroxylation is 1. The summed E-state index contributed by atoms with van der Waals surface area (Å²) in [5.41, 5.74) is 8.71. The predicted molar refractivity (Wildman–Crippen MR) is 81.3 cm³/mol. The Balaban J connectivity index is 2.30. The molecule has 2 N–H and O–H groups in total. The molecule has 2 aromatic rings. The molecule has 0 aromatic heterocycles. The van der Waals surface area contributed by atoms with Gasteiger partial charge >= 0.3 is 0 Å². The number of carbonyl (C=O) groups is 1. The zero-order chi connectivity index (χ0) is 14.5. The average molecular weight is 269 g/mol. The second-order valence-electron chi connectivity index (χ2n) is 4.73. The number of benzene rings is 2. The van der Waals surface area contributed by atoms with Crippen LogP contribution in [0.15, 0.2) is 42.5 Å². The van der Waals surface area contributed by atoms with E-state index in [4.69, 9.17) is 10.5 Å². The molecule has 0 amide bonds. The lowest BCUT2D eigenvalue weighted by Crippen LogP contribution is -2.06. The van der Waals surface area contributed by atoms with Crippen molar-refractivity contribution in [1.29, 1.82) is 0 Å². The van der Waals surface area contributed by atoms with Crippen molar-refractivity contribution in [2.75, 3.05) is 12.8 Å². The van der Waals surface area contributed by atoms with Crippen molar-refractivity contribution in [2.24, 2.45) is 0 Å².